The van der Waals surface area contributed by atoms with Crippen molar-refractivity contribution in [3.8, 4) is 11.5 Å². The molecule has 1 atom stereocenters. The lowest BCUT2D eigenvalue weighted by Gasteiger charge is -2.09. The lowest BCUT2D eigenvalue weighted by Crippen LogP contribution is -2.10. The van der Waals surface area contributed by atoms with Crippen LogP contribution < -0.4 is 0 Å². The third-order valence-corrected chi connectivity index (χ3v) is 3.79. The molecule has 0 aliphatic heterocycles. The van der Waals surface area contributed by atoms with E-state index in [1.54, 1.807) is 6.92 Å². The van der Waals surface area contributed by atoms with Gasteiger partial charge in [-0.1, -0.05) is 0 Å². The van der Waals surface area contributed by atoms with Crippen LogP contribution in [0.15, 0.2) is 46.9 Å². The standard InChI is InChI=1S/C18H14FN3O5/c1-10-9-13(5-8-15(10)22(24)25)18(23)26-11(2)16-20-21-17(27-16)12-3-6-14(19)7-4-12/h3-9,11H,1-2H3/t11-/m0/s1. The normalized spacial score (nSPS) is 11.8. The van der Waals surface area contributed by atoms with Gasteiger partial charge in [0.2, 0.25) is 5.89 Å². The number of rotatable bonds is 5. The zero-order chi connectivity index (χ0) is 19.6. The number of aromatic nitrogens is 2. The van der Waals surface area contributed by atoms with Crippen molar-refractivity contribution in [1.29, 1.82) is 0 Å². The van der Waals surface area contributed by atoms with Gasteiger partial charge in [0.05, 0.1) is 10.5 Å². The molecule has 0 aliphatic rings. The van der Waals surface area contributed by atoms with Crippen molar-refractivity contribution >= 4 is 11.7 Å². The fourth-order valence-corrected chi connectivity index (χ4v) is 2.37. The van der Waals surface area contributed by atoms with Crippen molar-refractivity contribution in [2.45, 2.75) is 20.0 Å². The lowest BCUT2D eigenvalue weighted by molar-refractivity contribution is -0.385. The molecule has 0 aliphatic carbocycles. The molecular formula is C18H14FN3O5. The molecule has 3 rings (SSSR count). The highest BCUT2D eigenvalue weighted by Crippen LogP contribution is 2.24. The van der Waals surface area contributed by atoms with Gasteiger partial charge in [0.25, 0.3) is 11.6 Å². The van der Waals surface area contributed by atoms with Crippen LogP contribution in [0.25, 0.3) is 11.5 Å². The molecule has 2 aromatic carbocycles. The van der Waals surface area contributed by atoms with Gasteiger partial charge in [-0.2, -0.15) is 0 Å². The van der Waals surface area contributed by atoms with Crippen LogP contribution >= 0.6 is 0 Å². The molecule has 138 valence electrons. The molecule has 8 nitrogen and oxygen atoms in total. The molecule has 0 spiro atoms. The van der Waals surface area contributed by atoms with E-state index >= 15 is 0 Å². The monoisotopic (exact) mass is 371 g/mol. The average Bonchev–Trinajstić information content (AvgIpc) is 3.12. The number of nitrogens with zero attached hydrogens (tertiary/aromatic N) is 3. The second-order valence-corrected chi connectivity index (χ2v) is 5.76. The van der Waals surface area contributed by atoms with Crippen molar-refractivity contribution in [2.24, 2.45) is 0 Å². The number of carbonyl (C=O) groups is 1. The summed E-state index contributed by atoms with van der Waals surface area (Å²) in [5.41, 5.74) is 0.960. The van der Waals surface area contributed by atoms with E-state index < -0.39 is 17.0 Å². The summed E-state index contributed by atoms with van der Waals surface area (Å²) in [5.74, 6) is -0.832. The second-order valence-electron chi connectivity index (χ2n) is 5.76. The van der Waals surface area contributed by atoms with Crippen molar-refractivity contribution in [2.75, 3.05) is 0 Å². The maximum Gasteiger partial charge on any atom is 0.338 e. The predicted molar refractivity (Wildman–Crippen MR) is 91.4 cm³/mol. The summed E-state index contributed by atoms with van der Waals surface area (Å²) in [6.45, 7) is 3.09. The Hall–Kier alpha value is -3.62. The Kier molecular flexibility index (Phi) is 4.93. The van der Waals surface area contributed by atoms with Crippen molar-refractivity contribution < 1.29 is 23.3 Å². The van der Waals surface area contributed by atoms with E-state index in [1.165, 1.54) is 49.4 Å². The van der Waals surface area contributed by atoms with Gasteiger partial charge in [0.15, 0.2) is 6.10 Å². The smallest absolute Gasteiger partial charge is 0.338 e. The Morgan fingerprint density at radius 3 is 2.56 bits per heavy atom. The van der Waals surface area contributed by atoms with Gasteiger partial charge in [-0.25, -0.2) is 9.18 Å². The zero-order valence-electron chi connectivity index (χ0n) is 14.4. The van der Waals surface area contributed by atoms with Gasteiger partial charge in [0, 0.05) is 17.2 Å². The van der Waals surface area contributed by atoms with E-state index in [0.29, 0.717) is 11.1 Å². The number of hydrogen-bond donors (Lipinski definition) is 0. The summed E-state index contributed by atoms with van der Waals surface area (Å²) >= 11 is 0. The van der Waals surface area contributed by atoms with E-state index in [4.69, 9.17) is 9.15 Å². The van der Waals surface area contributed by atoms with E-state index in [-0.39, 0.29) is 28.8 Å². The minimum atomic E-state index is -0.838. The number of ether oxygens (including phenoxy) is 1. The van der Waals surface area contributed by atoms with Crippen molar-refractivity contribution in [3.63, 3.8) is 0 Å². The number of carbonyl (C=O) groups excluding carboxylic acids is 1. The first-order valence-corrected chi connectivity index (χ1v) is 7.90. The summed E-state index contributed by atoms with van der Waals surface area (Å²) in [6.07, 6.45) is -0.838. The van der Waals surface area contributed by atoms with E-state index in [9.17, 15) is 19.3 Å². The molecule has 0 amide bonds. The van der Waals surface area contributed by atoms with Crippen LogP contribution in [-0.4, -0.2) is 21.1 Å². The molecule has 0 bridgehead atoms. The zero-order valence-corrected chi connectivity index (χ0v) is 14.4. The number of nitro groups is 1. The van der Waals surface area contributed by atoms with Gasteiger partial charge < -0.3 is 9.15 Å². The fourth-order valence-electron chi connectivity index (χ4n) is 2.37. The molecule has 27 heavy (non-hydrogen) atoms. The Labute approximate surface area is 152 Å². The Balaban J connectivity index is 1.72. The van der Waals surface area contributed by atoms with Crippen LogP contribution in [0.3, 0.4) is 0 Å². The van der Waals surface area contributed by atoms with E-state index in [1.807, 2.05) is 0 Å². The molecule has 0 radical (unpaired) electrons. The minimum absolute atomic E-state index is 0.0707. The molecule has 1 aromatic heterocycles. The Bertz CT molecular complexity index is 1000. The Morgan fingerprint density at radius 1 is 1.22 bits per heavy atom. The summed E-state index contributed by atoms with van der Waals surface area (Å²) in [5, 5.41) is 18.5. The Morgan fingerprint density at radius 2 is 1.93 bits per heavy atom. The van der Waals surface area contributed by atoms with Crippen LogP contribution in [0.1, 0.15) is 34.8 Å². The number of aryl methyl sites for hydroxylation is 1. The number of halogens is 1. The topological polar surface area (TPSA) is 108 Å². The number of nitro benzene ring substituents is 1. The molecule has 0 unspecified atom stereocenters. The molecule has 3 aromatic rings. The maximum atomic E-state index is 13.0. The molecule has 9 heteroatoms. The number of benzene rings is 2. The lowest BCUT2D eigenvalue weighted by atomic mass is 10.1. The molecule has 0 N–H and O–H groups in total. The summed E-state index contributed by atoms with van der Waals surface area (Å²) in [6, 6.07) is 9.45. The van der Waals surface area contributed by atoms with Crippen LogP contribution in [0.5, 0.6) is 0 Å². The first kappa shape index (κ1) is 18.2. The number of hydrogen-bond acceptors (Lipinski definition) is 7. The SMILES string of the molecule is Cc1cc(C(=O)O[C@@H](C)c2nnc(-c3ccc(F)cc3)o2)ccc1[N+](=O)[O-]. The van der Waals surface area contributed by atoms with Gasteiger partial charge in [-0.05, 0) is 50.2 Å². The van der Waals surface area contributed by atoms with Gasteiger partial charge >= 0.3 is 5.97 Å². The highest BCUT2D eigenvalue weighted by molar-refractivity contribution is 5.90. The van der Waals surface area contributed by atoms with Crippen molar-refractivity contribution in [1.82, 2.24) is 10.2 Å². The summed E-state index contributed by atoms with van der Waals surface area (Å²) in [7, 11) is 0. The van der Waals surface area contributed by atoms with Gasteiger partial charge in [-0.15, -0.1) is 10.2 Å². The minimum Gasteiger partial charge on any atom is -0.449 e. The van der Waals surface area contributed by atoms with Crippen LogP contribution in [0.2, 0.25) is 0 Å². The first-order chi connectivity index (χ1) is 12.8. The first-order valence-electron chi connectivity index (χ1n) is 7.90. The second kappa shape index (κ2) is 7.32. The third-order valence-electron chi connectivity index (χ3n) is 3.79. The van der Waals surface area contributed by atoms with E-state index in [0.717, 1.165) is 0 Å². The summed E-state index contributed by atoms with van der Waals surface area (Å²) in [4.78, 5) is 22.6. The fraction of sp³-hybridized carbons (Fsp3) is 0.167. The number of esters is 1. The molecule has 0 saturated heterocycles. The molecule has 0 fully saturated rings. The van der Waals surface area contributed by atoms with Crippen LogP contribution in [-0.2, 0) is 4.74 Å². The quantitative estimate of drug-likeness (QED) is 0.379. The highest BCUT2D eigenvalue weighted by Gasteiger charge is 2.21. The van der Waals surface area contributed by atoms with Crippen LogP contribution in [0, 0.1) is 22.9 Å². The summed E-state index contributed by atoms with van der Waals surface area (Å²) < 4.78 is 23.7. The maximum absolute atomic E-state index is 13.0. The van der Waals surface area contributed by atoms with Gasteiger partial charge in [-0.3, -0.25) is 10.1 Å². The third kappa shape index (κ3) is 3.97. The highest BCUT2D eigenvalue weighted by atomic mass is 19.1. The molecule has 0 saturated carbocycles. The van der Waals surface area contributed by atoms with E-state index in [2.05, 4.69) is 10.2 Å². The largest absolute Gasteiger partial charge is 0.449 e. The molecular weight excluding hydrogens is 357 g/mol. The predicted octanol–water partition coefficient (Wildman–Crippen LogP) is 4.01. The van der Waals surface area contributed by atoms with Crippen molar-refractivity contribution in [3.05, 3.63) is 75.4 Å². The van der Waals surface area contributed by atoms with Crippen LogP contribution in [0.4, 0.5) is 10.1 Å². The molecule has 1 heterocycles. The average molecular weight is 371 g/mol. The van der Waals surface area contributed by atoms with Gasteiger partial charge in [0.1, 0.15) is 5.82 Å².